The van der Waals surface area contributed by atoms with Gasteiger partial charge in [0.1, 0.15) is 11.4 Å². The van der Waals surface area contributed by atoms with Crippen molar-refractivity contribution in [2.75, 3.05) is 10.6 Å². The number of guanidine groups is 1. The Labute approximate surface area is 165 Å². The Balaban J connectivity index is 1.62. The molecule has 0 amide bonds. The Morgan fingerprint density at radius 1 is 0.821 bits per heavy atom. The molecule has 0 aromatic heterocycles. The molecule has 0 bridgehead atoms. The Morgan fingerprint density at radius 2 is 1.50 bits per heavy atom. The van der Waals surface area contributed by atoms with Gasteiger partial charge >= 0.3 is 0 Å². The zero-order valence-corrected chi connectivity index (χ0v) is 16.0. The fraction of sp³-hybridized carbons (Fsp3) is 0.125. The quantitative estimate of drug-likeness (QED) is 0.434. The molecule has 140 valence electrons. The molecular formula is C24H23N3O. The molecule has 0 atom stereocenters. The number of hydrogen-bond acceptors (Lipinski definition) is 2. The summed E-state index contributed by atoms with van der Waals surface area (Å²) in [4.78, 5) is 4.73. The molecule has 1 aliphatic rings. The highest BCUT2D eigenvalue weighted by Gasteiger charge is 2.21. The summed E-state index contributed by atoms with van der Waals surface area (Å²) in [5, 5.41) is 6.76. The molecule has 4 nitrogen and oxygen atoms in total. The number of hydrogen-bond donors (Lipinski definition) is 2. The number of benzene rings is 3. The summed E-state index contributed by atoms with van der Waals surface area (Å²) in [5.74, 6) is 1.54. The molecule has 0 saturated carbocycles. The molecule has 28 heavy (non-hydrogen) atoms. The molecule has 0 saturated heterocycles. The summed E-state index contributed by atoms with van der Waals surface area (Å²) < 4.78 is 6.01. The van der Waals surface area contributed by atoms with Crippen LogP contribution in [0.5, 0.6) is 5.75 Å². The number of rotatable bonds is 3. The SMILES string of the molecule is CC1(C)C=Cc2cc(NC(=Nc3ccccc3)Nc3ccccc3)ccc2O1. The number of aliphatic imine (C=N–C) groups is 1. The first kappa shape index (κ1) is 17.9. The molecule has 0 radical (unpaired) electrons. The first-order valence-electron chi connectivity index (χ1n) is 9.33. The van der Waals surface area contributed by atoms with E-state index in [1.807, 2.05) is 86.6 Å². The van der Waals surface area contributed by atoms with Gasteiger partial charge in [-0.1, -0.05) is 42.5 Å². The molecular weight excluding hydrogens is 346 g/mol. The topological polar surface area (TPSA) is 45.7 Å². The summed E-state index contributed by atoms with van der Waals surface area (Å²) in [5.41, 5.74) is 3.54. The number of nitrogens with one attached hydrogen (secondary N) is 2. The van der Waals surface area contributed by atoms with Crippen molar-refractivity contribution in [1.82, 2.24) is 0 Å². The van der Waals surface area contributed by atoms with E-state index in [1.165, 1.54) is 0 Å². The predicted molar refractivity (Wildman–Crippen MR) is 117 cm³/mol. The number of para-hydroxylation sites is 2. The molecule has 4 rings (SSSR count). The van der Waals surface area contributed by atoms with E-state index in [1.54, 1.807) is 0 Å². The fourth-order valence-corrected chi connectivity index (χ4v) is 2.97. The smallest absolute Gasteiger partial charge is 0.205 e. The first-order valence-corrected chi connectivity index (χ1v) is 9.33. The highest BCUT2D eigenvalue weighted by molar-refractivity contribution is 6.05. The molecule has 0 spiro atoms. The zero-order chi connectivity index (χ0) is 19.4. The van der Waals surface area contributed by atoms with E-state index in [0.717, 1.165) is 28.4 Å². The summed E-state index contributed by atoms with van der Waals surface area (Å²) in [7, 11) is 0. The summed E-state index contributed by atoms with van der Waals surface area (Å²) in [6.45, 7) is 4.10. The Morgan fingerprint density at radius 3 is 2.25 bits per heavy atom. The third-order valence-corrected chi connectivity index (χ3v) is 4.34. The maximum absolute atomic E-state index is 6.01. The van der Waals surface area contributed by atoms with Crippen LogP contribution in [0.15, 0.2) is 89.9 Å². The van der Waals surface area contributed by atoms with Gasteiger partial charge in [-0.25, -0.2) is 4.99 Å². The summed E-state index contributed by atoms with van der Waals surface area (Å²) in [6.07, 6.45) is 4.17. The van der Waals surface area contributed by atoms with Crippen molar-refractivity contribution in [2.45, 2.75) is 19.4 Å². The van der Waals surface area contributed by atoms with Gasteiger partial charge < -0.3 is 15.4 Å². The van der Waals surface area contributed by atoms with Gasteiger partial charge in [0.15, 0.2) is 0 Å². The maximum atomic E-state index is 6.01. The van der Waals surface area contributed by atoms with Crippen LogP contribution in [-0.4, -0.2) is 11.6 Å². The van der Waals surface area contributed by atoms with E-state index >= 15 is 0 Å². The van der Waals surface area contributed by atoms with Crippen LogP contribution in [0.2, 0.25) is 0 Å². The zero-order valence-electron chi connectivity index (χ0n) is 16.0. The van der Waals surface area contributed by atoms with Crippen LogP contribution >= 0.6 is 0 Å². The maximum Gasteiger partial charge on any atom is 0.205 e. The van der Waals surface area contributed by atoms with E-state index in [4.69, 9.17) is 9.73 Å². The van der Waals surface area contributed by atoms with Crippen molar-refractivity contribution < 1.29 is 4.74 Å². The second-order valence-corrected chi connectivity index (χ2v) is 7.20. The van der Waals surface area contributed by atoms with Gasteiger partial charge in [0.05, 0.1) is 5.69 Å². The third-order valence-electron chi connectivity index (χ3n) is 4.34. The lowest BCUT2D eigenvalue weighted by Crippen LogP contribution is -2.27. The molecule has 0 unspecified atom stereocenters. The normalized spacial score (nSPS) is 14.7. The lowest BCUT2D eigenvalue weighted by Gasteiger charge is -2.28. The molecule has 0 aliphatic carbocycles. The van der Waals surface area contributed by atoms with Crippen LogP contribution in [0.25, 0.3) is 6.08 Å². The lowest BCUT2D eigenvalue weighted by molar-refractivity contribution is 0.159. The van der Waals surface area contributed by atoms with E-state index in [-0.39, 0.29) is 5.60 Å². The highest BCUT2D eigenvalue weighted by atomic mass is 16.5. The van der Waals surface area contributed by atoms with E-state index < -0.39 is 0 Å². The van der Waals surface area contributed by atoms with Crippen LogP contribution in [0.3, 0.4) is 0 Å². The largest absolute Gasteiger partial charge is 0.483 e. The van der Waals surface area contributed by atoms with Crippen LogP contribution in [0, 0.1) is 0 Å². The molecule has 4 heteroatoms. The Kier molecular flexibility index (Phi) is 4.85. The van der Waals surface area contributed by atoms with Gasteiger partial charge in [0, 0.05) is 16.9 Å². The first-order chi connectivity index (χ1) is 13.6. The van der Waals surface area contributed by atoms with Gasteiger partial charge in [0.2, 0.25) is 5.96 Å². The van der Waals surface area contributed by atoms with Crippen LogP contribution in [-0.2, 0) is 0 Å². The molecule has 3 aromatic rings. The fourth-order valence-electron chi connectivity index (χ4n) is 2.97. The van der Waals surface area contributed by atoms with E-state index in [9.17, 15) is 0 Å². The van der Waals surface area contributed by atoms with Crippen molar-refractivity contribution >= 4 is 29.1 Å². The Bertz CT molecular complexity index is 1010. The Hall–Kier alpha value is -3.53. The molecule has 2 N–H and O–H groups in total. The molecule has 1 aliphatic heterocycles. The average molecular weight is 369 g/mol. The molecule has 0 fully saturated rings. The standard InChI is InChI=1S/C24H23N3O/c1-24(2)16-15-18-17-21(13-14-22(18)28-24)27-23(25-19-9-5-3-6-10-19)26-20-11-7-4-8-12-20/h3-17H,1-2H3,(H2,25,26,27). The van der Waals surface area contributed by atoms with Gasteiger partial charge in [-0.15, -0.1) is 0 Å². The summed E-state index contributed by atoms with van der Waals surface area (Å²) >= 11 is 0. The van der Waals surface area contributed by atoms with Gasteiger partial charge in [-0.05, 0) is 62.4 Å². The highest BCUT2D eigenvalue weighted by Crippen LogP contribution is 2.32. The summed E-state index contributed by atoms with van der Waals surface area (Å²) in [6, 6.07) is 25.9. The van der Waals surface area contributed by atoms with Crippen LogP contribution < -0.4 is 15.4 Å². The minimum Gasteiger partial charge on any atom is -0.483 e. The van der Waals surface area contributed by atoms with Crippen molar-refractivity contribution in [3.63, 3.8) is 0 Å². The van der Waals surface area contributed by atoms with Crippen molar-refractivity contribution in [3.05, 3.63) is 90.5 Å². The van der Waals surface area contributed by atoms with Crippen LogP contribution in [0.1, 0.15) is 19.4 Å². The third kappa shape index (κ3) is 4.41. The number of ether oxygens (including phenoxy) is 1. The minimum atomic E-state index is -0.281. The van der Waals surface area contributed by atoms with E-state index in [2.05, 4.69) is 28.9 Å². The van der Waals surface area contributed by atoms with Gasteiger partial charge in [0.25, 0.3) is 0 Å². The van der Waals surface area contributed by atoms with E-state index in [0.29, 0.717) is 5.96 Å². The van der Waals surface area contributed by atoms with Crippen molar-refractivity contribution in [2.24, 2.45) is 4.99 Å². The van der Waals surface area contributed by atoms with Gasteiger partial charge in [-0.2, -0.15) is 0 Å². The number of fused-ring (bicyclic) bond motifs is 1. The predicted octanol–water partition coefficient (Wildman–Crippen LogP) is 6.08. The second kappa shape index (κ2) is 7.61. The van der Waals surface area contributed by atoms with Gasteiger partial charge in [-0.3, -0.25) is 0 Å². The van der Waals surface area contributed by atoms with Crippen molar-refractivity contribution in [1.29, 1.82) is 0 Å². The lowest BCUT2D eigenvalue weighted by atomic mass is 10.0. The number of nitrogens with zero attached hydrogens (tertiary/aromatic N) is 1. The van der Waals surface area contributed by atoms with Crippen molar-refractivity contribution in [3.8, 4) is 5.75 Å². The minimum absolute atomic E-state index is 0.281. The molecule has 3 aromatic carbocycles. The molecule has 1 heterocycles. The second-order valence-electron chi connectivity index (χ2n) is 7.20. The monoisotopic (exact) mass is 369 g/mol. The van der Waals surface area contributed by atoms with Crippen LogP contribution in [0.4, 0.5) is 17.1 Å². The average Bonchev–Trinajstić information content (AvgIpc) is 2.69. The number of anilines is 2.